The summed E-state index contributed by atoms with van der Waals surface area (Å²) in [6.07, 6.45) is -3.27. The summed E-state index contributed by atoms with van der Waals surface area (Å²) in [7, 11) is 1.65. The number of alkyl halides is 3. The Balaban J connectivity index is 2.44. The van der Waals surface area contributed by atoms with E-state index in [-0.39, 0.29) is 24.0 Å². The molecule has 1 unspecified atom stereocenters. The molecule has 1 aromatic rings. The first kappa shape index (κ1) is 16.7. The normalized spacial score (nSPS) is 22.2. The predicted octanol–water partition coefficient (Wildman–Crippen LogP) is 1.86. The molecule has 0 aromatic carbocycles. The van der Waals surface area contributed by atoms with Crippen molar-refractivity contribution in [1.29, 1.82) is 0 Å². The van der Waals surface area contributed by atoms with Crippen LogP contribution in [0.3, 0.4) is 0 Å². The van der Waals surface area contributed by atoms with Crippen LogP contribution in [0.25, 0.3) is 0 Å². The van der Waals surface area contributed by atoms with Crippen LogP contribution in [0.1, 0.15) is 37.0 Å². The molecule has 0 spiro atoms. The number of nitrogens with one attached hydrogen (secondary N) is 1. The summed E-state index contributed by atoms with van der Waals surface area (Å²) in [5.41, 5.74) is -1.63. The number of amides is 1. The summed E-state index contributed by atoms with van der Waals surface area (Å²) in [6, 6.07) is 0.918. The van der Waals surface area contributed by atoms with Crippen LogP contribution in [0.2, 0.25) is 0 Å². The molecule has 0 aliphatic carbocycles. The maximum absolute atomic E-state index is 13.0. The molecular weight excluding hydrogens is 297 g/mol. The van der Waals surface area contributed by atoms with Gasteiger partial charge < -0.3 is 10.2 Å². The monoisotopic (exact) mass is 316 g/mol. The van der Waals surface area contributed by atoms with E-state index < -0.39 is 17.4 Å². The number of carbonyl (C=O) groups excluding carboxylic acids is 1. The second-order valence-electron chi connectivity index (χ2n) is 5.67. The van der Waals surface area contributed by atoms with Crippen molar-refractivity contribution in [3.8, 4) is 0 Å². The van der Waals surface area contributed by atoms with E-state index in [1.54, 1.807) is 18.9 Å². The van der Waals surface area contributed by atoms with Crippen molar-refractivity contribution in [2.24, 2.45) is 0 Å². The van der Waals surface area contributed by atoms with Gasteiger partial charge in [0, 0.05) is 12.2 Å². The predicted molar refractivity (Wildman–Crippen MR) is 74.0 cm³/mol. The maximum atomic E-state index is 13.0. The molecule has 122 valence electrons. The Morgan fingerprint density at radius 1 is 1.45 bits per heavy atom. The summed E-state index contributed by atoms with van der Waals surface area (Å²) in [4.78, 5) is 21.6. The Morgan fingerprint density at radius 3 is 2.73 bits per heavy atom. The van der Waals surface area contributed by atoms with E-state index in [0.29, 0.717) is 19.4 Å². The molecule has 5 nitrogen and oxygen atoms in total. The van der Waals surface area contributed by atoms with Gasteiger partial charge in [0.15, 0.2) is 5.82 Å². The van der Waals surface area contributed by atoms with E-state index in [2.05, 4.69) is 15.3 Å². The van der Waals surface area contributed by atoms with Crippen LogP contribution in [0.5, 0.6) is 0 Å². The van der Waals surface area contributed by atoms with Crippen molar-refractivity contribution in [2.75, 3.05) is 20.1 Å². The summed E-state index contributed by atoms with van der Waals surface area (Å²) < 4.78 is 38.9. The van der Waals surface area contributed by atoms with E-state index in [9.17, 15) is 18.0 Å². The Labute approximate surface area is 126 Å². The number of aromatic nitrogens is 2. The van der Waals surface area contributed by atoms with Gasteiger partial charge in [0.05, 0.1) is 12.1 Å². The van der Waals surface area contributed by atoms with Crippen molar-refractivity contribution in [2.45, 2.75) is 38.4 Å². The van der Waals surface area contributed by atoms with Gasteiger partial charge in [-0.2, -0.15) is 13.2 Å². The van der Waals surface area contributed by atoms with Crippen molar-refractivity contribution in [1.82, 2.24) is 20.2 Å². The Hall–Kier alpha value is -1.70. The van der Waals surface area contributed by atoms with Crippen molar-refractivity contribution >= 4 is 5.91 Å². The zero-order chi connectivity index (χ0) is 16.5. The van der Waals surface area contributed by atoms with Gasteiger partial charge in [0.25, 0.3) is 0 Å². The van der Waals surface area contributed by atoms with Gasteiger partial charge in [-0.15, -0.1) is 0 Å². The smallest absolute Gasteiger partial charge is 0.329 e. The van der Waals surface area contributed by atoms with E-state index in [1.807, 2.05) is 0 Å². The molecule has 8 heteroatoms. The summed E-state index contributed by atoms with van der Waals surface area (Å²) in [5, 5.41) is 2.77. The number of halogens is 3. The lowest BCUT2D eigenvalue weighted by molar-refractivity contribution is -0.141. The second-order valence-corrected chi connectivity index (χ2v) is 5.67. The highest BCUT2D eigenvalue weighted by Gasteiger charge is 2.44. The van der Waals surface area contributed by atoms with E-state index in [0.717, 1.165) is 6.07 Å². The molecule has 1 aliphatic rings. The lowest BCUT2D eigenvalue weighted by Gasteiger charge is -2.34. The van der Waals surface area contributed by atoms with Crippen LogP contribution in [0.15, 0.2) is 6.07 Å². The minimum Gasteiger partial charge on any atom is -0.329 e. The van der Waals surface area contributed by atoms with Gasteiger partial charge in [-0.1, -0.05) is 0 Å². The first-order chi connectivity index (χ1) is 10.2. The van der Waals surface area contributed by atoms with Gasteiger partial charge in [-0.05, 0) is 39.8 Å². The van der Waals surface area contributed by atoms with Crippen LogP contribution in [-0.2, 0) is 16.5 Å². The van der Waals surface area contributed by atoms with E-state index in [1.165, 1.54) is 6.92 Å². The molecule has 0 bridgehead atoms. The molecule has 2 heterocycles. The number of likely N-dealkylation sites (N-methyl/N-ethyl adjacent to an activating group) is 1. The number of nitrogens with zero attached hydrogens (tertiary/aromatic N) is 3. The lowest BCUT2D eigenvalue weighted by Crippen LogP contribution is -2.47. The zero-order valence-corrected chi connectivity index (χ0v) is 12.8. The summed E-state index contributed by atoms with van der Waals surface area (Å²) in [6.45, 7) is 3.85. The average Bonchev–Trinajstić information content (AvgIpc) is 2.81. The highest BCUT2D eigenvalue weighted by molar-refractivity contribution is 5.79. The lowest BCUT2D eigenvalue weighted by atomic mass is 9.97. The molecule has 2 rings (SSSR count). The first-order valence-electron chi connectivity index (χ1n) is 7.07. The summed E-state index contributed by atoms with van der Waals surface area (Å²) in [5.74, 6) is -0.108. The Kier molecular flexibility index (Phi) is 4.42. The molecule has 1 N–H and O–H groups in total. The van der Waals surface area contributed by atoms with Gasteiger partial charge >= 0.3 is 6.18 Å². The average molecular weight is 316 g/mol. The zero-order valence-electron chi connectivity index (χ0n) is 12.8. The van der Waals surface area contributed by atoms with Gasteiger partial charge in [0.2, 0.25) is 5.91 Å². The molecule has 1 aliphatic heterocycles. The van der Waals surface area contributed by atoms with Crippen LogP contribution >= 0.6 is 0 Å². The molecule has 1 amide bonds. The van der Waals surface area contributed by atoms with Crippen LogP contribution in [0, 0.1) is 6.92 Å². The van der Waals surface area contributed by atoms with Gasteiger partial charge in [-0.3, -0.25) is 4.79 Å². The molecule has 0 radical (unpaired) electrons. The third kappa shape index (κ3) is 3.06. The number of likely N-dealkylation sites (tertiary alicyclic amines) is 1. The molecule has 0 saturated carbocycles. The number of hydrogen-bond acceptors (Lipinski definition) is 4. The standard InChI is InChI=1S/C14H19F3N4O/c1-9-7-10(14(15,16)17)20-12(19-9)13(2)5-4-6-21(13)11(22)8-18-3/h7,18H,4-6,8H2,1-3H3. The van der Waals surface area contributed by atoms with Gasteiger partial charge in [-0.25, -0.2) is 9.97 Å². The third-order valence-electron chi connectivity index (χ3n) is 3.90. The molecule has 22 heavy (non-hydrogen) atoms. The topological polar surface area (TPSA) is 58.1 Å². The number of hydrogen-bond donors (Lipinski definition) is 1. The quantitative estimate of drug-likeness (QED) is 0.925. The van der Waals surface area contributed by atoms with E-state index in [4.69, 9.17) is 0 Å². The molecular formula is C14H19F3N4O. The largest absolute Gasteiger partial charge is 0.433 e. The Bertz CT molecular complexity index is 576. The van der Waals surface area contributed by atoms with E-state index >= 15 is 0 Å². The molecule has 1 aromatic heterocycles. The number of rotatable bonds is 3. The van der Waals surface area contributed by atoms with Gasteiger partial charge in [0.1, 0.15) is 5.69 Å². The fraction of sp³-hybridized carbons (Fsp3) is 0.643. The molecule has 1 saturated heterocycles. The number of carbonyl (C=O) groups is 1. The maximum Gasteiger partial charge on any atom is 0.433 e. The second kappa shape index (κ2) is 5.83. The number of aryl methyl sites for hydroxylation is 1. The third-order valence-corrected chi connectivity index (χ3v) is 3.90. The van der Waals surface area contributed by atoms with Crippen LogP contribution in [0.4, 0.5) is 13.2 Å². The van der Waals surface area contributed by atoms with Crippen molar-refractivity contribution in [3.63, 3.8) is 0 Å². The summed E-state index contributed by atoms with van der Waals surface area (Å²) >= 11 is 0. The minimum atomic E-state index is -4.53. The fourth-order valence-electron chi connectivity index (χ4n) is 2.80. The highest BCUT2D eigenvalue weighted by Crippen LogP contribution is 2.38. The minimum absolute atomic E-state index is 0.0572. The molecule has 1 fully saturated rings. The highest BCUT2D eigenvalue weighted by atomic mass is 19.4. The van der Waals surface area contributed by atoms with Crippen LogP contribution in [-0.4, -0.2) is 40.9 Å². The first-order valence-corrected chi connectivity index (χ1v) is 7.07. The molecule has 1 atom stereocenters. The SMILES string of the molecule is CNCC(=O)N1CCCC1(C)c1nc(C)cc(C(F)(F)F)n1. The van der Waals surface area contributed by atoms with Crippen molar-refractivity contribution in [3.05, 3.63) is 23.3 Å². The van der Waals surface area contributed by atoms with Crippen LogP contribution < -0.4 is 5.32 Å². The fourth-order valence-corrected chi connectivity index (χ4v) is 2.80. The van der Waals surface area contributed by atoms with Crippen molar-refractivity contribution < 1.29 is 18.0 Å². The Morgan fingerprint density at radius 2 is 2.14 bits per heavy atom.